The molecule has 0 aliphatic heterocycles. The highest BCUT2D eigenvalue weighted by Crippen LogP contribution is 2.15. The molecule has 23 heavy (non-hydrogen) atoms. The van der Waals surface area contributed by atoms with E-state index in [1.807, 2.05) is 0 Å². The Labute approximate surface area is 138 Å². The summed E-state index contributed by atoms with van der Waals surface area (Å²) in [4.78, 5) is 24.0. The van der Waals surface area contributed by atoms with Crippen molar-refractivity contribution in [1.29, 1.82) is 0 Å². The van der Waals surface area contributed by atoms with E-state index < -0.39 is 18.0 Å². The molecule has 120 valence electrons. The first-order chi connectivity index (χ1) is 11.0. The Morgan fingerprint density at radius 2 is 1.91 bits per heavy atom. The van der Waals surface area contributed by atoms with E-state index in [2.05, 4.69) is 5.32 Å². The van der Waals surface area contributed by atoms with E-state index in [9.17, 15) is 9.59 Å². The molecule has 0 heterocycles. The van der Waals surface area contributed by atoms with Crippen LogP contribution in [0.1, 0.15) is 22.8 Å². The number of rotatable bonds is 5. The summed E-state index contributed by atoms with van der Waals surface area (Å²) in [5.74, 6) is -1.06. The largest absolute Gasteiger partial charge is 0.449 e. The summed E-state index contributed by atoms with van der Waals surface area (Å²) in [6, 6.07) is 13.0. The first-order valence-corrected chi connectivity index (χ1v) is 7.34. The molecule has 0 aromatic heterocycles. The van der Waals surface area contributed by atoms with Crippen molar-refractivity contribution in [3.63, 3.8) is 0 Å². The standard InChI is InChI=1S/C17H16ClNO4/c1-11(16(21)19-15-4-2-3-14(18)9-15)23-17(22)13-7-5-12(10-20)6-8-13/h2-9,11,20H,10H2,1H3,(H,19,21). The molecule has 1 amide bonds. The Morgan fingerprint density at radius 1 is 1.22 bits per heavy atom. The summed E-state index contributed by atoms with van der Waals surface area (Å²) in [6.07, 6.45) is -0.959. The van der Waals surface area contributed by atoms with Crippen LogP contribution in [-0.2, 0) is 16.1 Å². The third-order valence-electron chi connectivity index (χ3n) is 3.12. The van der Waals surface area contributed by atoms with Crippen LogP contribution in [0.5, 0.6) is 0 Å². The fourth-order valence-electron chi connectivity index (χ4n) is 1.84. The van der Waals surface area contributed by atoms with Gasteiger partial charge in [0, 0.05) is 10.7 Å². The van der Waals surface area contributed by atoms with Crippen LogP contribution in [0.25, 0.3) is 0 Å². The molecule has 5 nitrogen and oxygen atoms in total. The number of aliphatic hydroxyl groups is 1. The van der Waals surface area contributed by atoms with Crippen molar-refractivity contribution in [2.75, 3.05) is 5.32 Å². The molecular formula is C17H16ClNO4. The first kappa shape index (κ1) is 17.0. The summed E-state index contributed by atoms with van der Waals surface area (Å²) in [7, 11) is 0. The second-order valence-corrected chi connectivity index (χ2v) is 5.34. The molecule has 1 atom stereocenters. The number of benzene rings is 2. The van der Waals surface area contributed by atoms with E-state index in [1.54, 1.807) is 36.4 Å². The van der Waals surface area contributed by atoms with Gasteiger partial charge < -0.3 is 15.2 Å². The molecule has 0 saturated heterocycles. The fraction of sp³-hybridized carbons (Fsp3) is 0.176. The number of aliphatic hydroxyl groups excluding tert-OH is 1. The molecule has 0 radical (unpaired) electrons. The number of carbonyl (C=O) groups is 2. The van der Waals surface area contributed by atoms with Gasteiger partial charge in [0.05, 0.1) is 12.2 Å². The molecular weight excluding hydrogens is 318 g/mol. The van der Waals surface area contributed by atoms with Gasteiger partial charge >= 0.3 is 5.97 Å². The fourth-order valence-corrected chi connectivity index (χ4v) is 2.03. The number of hydrogen-bond acceptors (Lipinski definition) is 4. The monoisotopic (exact) mass is 333 g/mol. The molecule has 2 N–H and O–H groups in total. The van der Waals surface area contributed by atoms with Crippen molar-refractivity contribution >= 4 is 29.2 Å². The zero-order chi connectivity index (χ0) is 16.8. The van der Waals surface area contributed by atoms with Gasteiger partial charge in [-0.15, -0.1) is 0 Å². The van der Waals surface area contributed by atoms with Crippen LogP contribution < -0.4 is 5.32 Å². The molecule has 0 aliphatic rings. The van der Waals surface area contributed by atoms with Crippen LogP contribution in [0.2, 0.25) is 5.02 Å². The molecule has 0 fully saturated rings. The number of hydrogen-bond donors (Lipinski definition) is 2. The van der Waals surface area contributed by atoms with E-state index in [0.29, 0.717) is 21.8 Å². The van der Waals surface area contributed by atoms with Crippen molar-refractivity contribution < 1.29 is 19.4 Å². The molecule has 1 unspecified atom stereocenters. The van der Waals surface area contributed by atoms with Crippen molar-refractivity contribution in [1.82, 2.24) is 0 Å². The maximum Gasteiger partial charge on any atom is 0.338 e. The summed E-state index contributed by atoms with van der Waals surface area (Å²) < 4.78 is 5.13. The molecule has 2 rings (SSSR count). The van der Waals surface area contributed by atoms with E-state index in [4.69, 9.17) is 21.4 Å². The van der Waals surface area contributed by atoms with Crippen LogP contribution in [0.3, 0.4) is 0 Å². The second kappa shape index (κ2) is 7.76. The van der Waals surface area contributed by atoms with Gasteiger partial charge in [-0.3, -0.25) is 4.79 Å². The van der Waals surface area contributed by atoms with Gasteiger partial charge in [-0.05, 0) is 42.8 Å². The molecule has 2 aromatic rings. The Balaban J connectivity index is 1.95. The van der Waals surface area contributed by atoms with E-state index in [0.717, 1.165) is 0 Å². The van der Waals surface area contributed by atoms with Crippen molar-refractivity contribution in [3.05, 3.63) is 64.7 Å². The summed E-state index contributed by atoms with van der Waals surface area (Å²) >= 11 is 5.84. The lowest BCUT2D eigenvalue weighted by Crippen LogP contribution is -2.30. The highest BCUT2D eigenvalue weighted by atomic mass is 35.5. The highest BCUT2D eigenvalue weighted by molar-refractivity contribution is 6.30. The lowest BCUT2D eigenvalue weighted by atomic mass is 10.1. The van der Waals surface area contributed by atoms with Crippen molar-refractivity contribution in [2.24, 2.45) is 0 Å². The lowest BCUT2D eigenvalue weighted by molar-refractivity contribution is -0.123. The third kappa shape index (κ3) is 4.81. The van der Waals surface area contributed by atoms with Crippen LogP contribution >= 0.6 is 11.6 Å². The minimum absolute atomic E-state index is 0.103. The number of nitrogens with one attached hydrogen (secondary N) is 1. The summed E-state index contributed by atoms with van der Waals surface area (Å²) in [5.41, 5.74) is 1.52. The van der Waals surface area contributed by atoms with Gasteiger partial charge in [-0.2, -0.15) is 0 Å². The highest BCUT2D eigenvalue weighted by Gasteiger charge is 2.19. The van der Waals surface area contributed by atoms with Gasteiger partial charge in [0.2, 0.25) is 0 Å². The van der Waals surface area contributed by atoms with Crippen LogP contribution in [0.15, 0.2) is 48.5 Å². The maximum atomic E-state index is 12.0. The minimum Gasteiger partial charge on any atom is -0.449 e. The molecule has 0 saturated carbocycles. The summed E-state index contributed by atoms with van der Waals surface area (Å²) in [5, 5.41) is 12.1. The van der Waals surface area contributed by atoms with Crippen LogP contribution in [0, 0.1) is 0 Å². The van der Waals surface area contributed by atoms with Crippen LogP contribution in [-0.4, -0.2) is 23.1 Å². The normalized spacial score (nSPS) is 11.6. The number of halogens is 1. The first-order valence-electron chi connectivity index (χ1n) is 6.97. The number of ether oxygens (including phenoxy) is 1. The molecule has 0 bridgehead atoms. The van der Waals surface area contributed by atoms with Gasteiger partial charge in [0.1, 0.15) is 0 Å². The molecule has 6 heteroatoms. The average Bonchev–Trinajstić information content (AvgIpc) is 2.54. The topological polar surface area (TPSA) is 75.6 Å². The van der Waals surface area contributed by atoms with E-state index in [-0.39, 0.29) is 6.61 Å². The Bertz CT molecular complexity index is 700. The van der Waals surface area contributed by atoms with Gasteiger partial charge in [0.15, 0.2) is 6.10 Å². The van der Waals surface area contributed by atoms with Crippen LogP contribution in [0.4, 0.5) is 5.69 Å². The zero-order valence-electron chi connectivity index (χ0n) is 12.5. The number of amides is 1. The van der Waals surface area contributed by atoms with Gasteiger partial charge in [-0.1, -0.05) is 29.8 Å². The Kier molecular flexibility index (Phi) is 5.73. The Hall–Kier alpha value is -2.37. The lowest BCUT2D eigenvalue weighted by Gasteiger charge is -2.13. The zero-order valence-corrected chi connectivity index (χ0v) is 13.2. The van der Waals surface area contributed by atoms with Crippen molar-refractivity contribution in [2.45, 2.75) is 19.6 Å². The number of carbonyl (C=O) groups excluding carboxylic acids is 2. The predicted octanol–water partition coefficient (Wildman–Crippen LogP) is 3.02. The molecule has 0 spiro atoms. The van der Waals surface area contributed by atoms with Gasteiger partial charge in [-0.25, -0.2) is 4.79 Å². The smallest absolute Gasteiger partial charge is 0.338 e. The maximum absolute atomic E-state index is 12.0. The Morgan fingerprint density at radius 3 is 2.52 bits per heavy atom. The van der Waals surface area contributed by atoms with Gasteiger partial charge in [0.25, 0.3) is 5.91 Å². The minimum atomic E-state index is -0.959. The quantitative estimate of drug-likeness (QED) is 0.825. The SMILES string of the molecule is CC(OC(=O)c1ccc(CO)cc1)C(=O)Nc1cccc(Cl)c1. The number of anilines is 1. The molecule has 0 aliphatic carbocycles. The number of esters is 1. The molecule has 2 aromatic carbocycles. The van der Waals surface area contributed by atoms with Crippen molar-refractivity contribution in [3.8, 4) is 0 Å². The third-order valence-corrected chi connectivity index (χ3v) is 3.35. The predicted molar refractivity (Wildman–Crippen MR) is 87.3 cm³/mol. The average molecular weight is 334 g/mol. The van der Waals surface area contributed by atoms with E-state index in [1.165, 1.54) is 19.1 Å². The summed E-state index contributed by atoms with van der Waals surface area (Å²) in [6.45, 7) is 1.38. The second-order valence-electron chi connectivity index (χ2n) is 4.90. The van der Waals surface area contributed by atoms with E-state index >= 15 is 0 Å².